The zero-order valence-corrected chi connectivity index (χ0v) is 16.0. The van der Waals surface area contributed by atoms with Crippen molar-refractivity contribution in [1.82, 2.24) is 4.90 Å². The van der Waals surface area contributed by atoms with E-state index >= 15 is 0 Å². The van der Waals surface area contributed by atoms with Crippen LogP contribution in [0, 0.1) is 0 Å². The van der Waals surface area contributed by atoms with Gasteiger partial charge in [-0.2, -0.15) is 0 Å². The molecule has 0 radical (unpaired) electrons. The van der Waals surface area contributed by atoms with E-state index in [0.29, 0.717) is 5.57 Å². The molecule has 0 N–H and O–H groups in total. The summed E-state index contributed by atoms with van der Waals surface area (Å²) >= 11 is 0. The molecular weight excluding hydrogens is 340 g/mol. The molecule has 5 heteroatoms. The molecule has 0 unspecified atom stereocenters. The molecule has 0 atom stereocenters. The van der Waals surface area contributed by atoms with Gasteiger partial charge in [0.25, 0.3) is 5.91 Å². The first-order chi connectivity index (χ1) is 13.2. The summed E-state index contributed by atoms with van der Waals surface area (Å²) in [5.41, 5.74) is 2.21. The molecule has 4 rings (SSSR count). The standard InChI is InChI=1S/C22H28N2O3/c1-27-21(25)15-19-18-9-5-6-10-20(18)24(22(19)26)17-11-13-23(14-12-17)16-7-3-2-4-8-16/h5-6,9-10,15-17H,2-4,7-8,11-14H2,1H3/b19-15-. The van der Waals surface area contributed by atoms with Crippen molar-refractivity contribution in [2.45, 2.75) is 57.0 Å². The molecule has 5 nitrogen and oxygen atoms in total. The average Bonchev–Trinajstić information content (AvgIpc) is 3.00. The van der Waals surface area contributed by atoms with Gasteiger partial charge in [0, 0.05) is 36.8 Å². The van der Waals surface area contributed by atoms with E-state index in [2.05, 4.69) is 4.90 Å². The van der Waals surface area contributed by atoms with Gasteiger partial charge in [-0.3, -0.25) is 4.79 Å². The largest absolute Gasteiger partial charge is 0.466 e. The maximum Gasteiger partial charge on any atom is 0.331 e. The number of nitrogens with zero attached hydrogens (tertiary/aromatic N) is 2. The lowest BCUT2D eigenvalue weighted by molar-refractivity contribution is -0.135. The van der Waals surface area contributed by atoms with Gasteiger partial charge >= 0.3 is 5.97 Å². The highest BCUT2D eigenvalue weighted by Crippen LogP contribution is 2.40. The van der Waals surface area contributed by atoms with Crippen LogP contribution in [0.3, 0.4) is 0 Å². The number of ether oxygens (including phenoxy) is 1. The Hall–Kier alpha value is -2.14. The number of likely N-dealkylation sites (tertiary alicyclic amines) is 1. The van der Waals surface area contributed by atoms with Crippen molar-refractivity contribution < 1.29 is 14.3 Å². The Kier molecular flexibility index (Phi) is 5.30. The molecular formula is C22H28N2O3. The number of hydrogen-bond acceptors (Lipinski definition) is 4. The zero-order chi connectivity index (χ0) is 18.8. The number of benzene rings is 1. The van der Waals surface area contributed by atoms with E-state index in [4.69, 9.17) is 4.74 Å². The van der Waals surface area contributed by atoms with Gasteiger partial charge in [-0.1, -0.05) is 37.5 Å². The predicted molar refractivity (Wildman–Crippen MR) is 105 cm³/mol. The number of para-hydroxylation sites is 1. The number of hydrogen-bond donors (Lipinski definition) is 0. The third-order valence-electron chi connectivity index (χ3n) is 6.32. The zero-order valence-electron chi connectivity index (χ0n) is 16.0. The summed E-state index contributed by atoms with van der Waals surface area (Å²) < 4.78 is 4.74. The van der Waals surface area contributed by atoms with Gasteiger partial charge in [-0.15, -0.1) is 0 Å². The Morgan fingerprint density at radius 3 is 2.44 bits per heavy atom. The molecule has 1 saturated heterocycles. The van der Waals surface area contributed by atoms with Crippen molar-refractivity contribution in [2.75, 3.05) is 25.1 Å². The molecule has 27 heavy (non-hydrogen) atoms. The molecule has 0 bridgehead atoms. The molecule has 3 aliphatic rings. The molecule has 1 amide bonds. The molecule has 2 heterocycles. The first-order valence-electron chi connectivity index (χ1n) is 10.2. The number of fused-ring (bicyclic) bond motifs is 1. The summed E-state index contributed by atoms with van der Waals surface area (Å²) in [5.74, 6) is -0.556. The number of rotatable bonds is 3. The third-order valence-corrected chi connectivity index (χ3v) is 6.32. The Bertz CT molecular complexity index is 744. The fourth-order valence-corrected chi connectivity index (χ4v) is 4.90. The second kappa shape index (κ2) is 7.85. The molecule has 1 aromatic rings. The van der Waals surface area contributed by atoms with Crippen LogP contribution >= 0.6 is 0 Å². The van der Waals surface area contributed by atoms with Crippen molar-refractivity contribution in [1.29, 1.82) is 0 Å². The summed E-state index contributed by atoms with van der Waals surface area (Å²) in [6, 6.07) is 8.69. The maximum absolute atomic E-state index is 13.1. The van der Waals surface area contributed by atoms with E-state index in [1.54, 1.807) is 0 Å². The van der Waals surface area contributed by atoms with Crippen LogP contribution in [0.1, 0.15) is 50.5 Å². The van der Waals surface area contributed by atoms with Gasteiger partial charge in [-0.05, 0) is 31.7 Å². The fourth-order valence-electron chi connectivity index (χ4n) is 4.90. The van der Waals surface area contributed by atoms with Crippen molar-refractivity contribution in [3.8, 4) is 0 Å². The Morgan fingerprint density at radius 1 is 1.04 bits per heavy atom. The van der Waals surface area contributed by atoms with E-state index in [0.717, 1.165) is 43.2 Å². The van der Waals surface area contributed by atoms with Crippen LogP contribution in [0.5, 0.6) is 0 Å². The van der Waals surface area contributed by atoms with Crippen molar-refractivity contribution in [2.24, 2.45) is 0 Å². The molecule has 1 saturated carbocycles. The van der Waals surface area contributed by atoms with Crippen LogP contribution in [-0.4, -0.2) is 49.1 Å². The highest BCUT2D eigenvalue weighted by molar-refractivity contribution is 6.34. The van der Waals surface area contributed by atoms with E-state index in [9.17, 15) is 9.59 Å². The van der Waals surface area contributed by atoms with Gasteiger partial charge in [0.05, 0.1) is 18.4 Å². The van der Waals surface area contributed by atoms with Crippen molar-refractivity contribution >= 4 is 23.1 Å². The SMILES string of the molecule is COC(=O)/C=C1\C(=O)N(C2CCN(C3CCCCC3)CC2)c2ccccc21. The molecule has 2 fully saturated rings. The van der Waals surface area contributed by atoms with Gasteiger partial charge in [0.15, 0.2) is 0 Å². The fraction of sp³-hybridized carbons (Fsp3) is 0.545. The van der Waals surface area contributed by atoms with Gasteiger partial charge in [0.2, 0.25) is 0 Å². The van der Waals surface area contributed by atoms with E-state index < -0.39 is 5.97 Å². The smallest absolute Gasteiger partial charge is 0.331 e. The maximum atomic E-state index is 13.1. The molecule has 1 aromatic carbocycles. The molecule has 144 valence electrons. The second-order valence-electron chi connectivity index (χ2n) is 7.83. The monoisotopic (exact) mass is 368 g/mol. The number of amides is 1. The first-order valence-corrected chi connectivity index (χ1v) is 10.2. The minimum Gasteiger partial charge on any atom is -0.466 e. The lowest BCUT2D eigenvalue weighted by Crippen LogP contribution is -2.49. The lowest BCUT2D eigenvalue weighted by Gasteiger charge is -2.41. The minimum atomic E-state index is -0.484. The number of anilines is 1. The van der Waals surface area contributed by atoms with Crippen LogP contribution in [0.15, 0.2) is 30.3 Å². The van der Waals surface area contributed by atoms with Crippen LogP contribution in [0.2, 0.25) is 0 Å². The van der Waals surface area contributed by atoms with E-state index in [-0.39, 0.29) is 11.9 Å². The lowest BCUT2D eigenvalue weighted by atomic mass is 9.92. The number of carbonyl (C=O) groups excluding carboxylic acids is 2. The normalized spacial score (nSPS) is 23.7. The Morgan fingerprint density at radius 2 is 1.74 bits per heavy atom. The topological polar surface area (TPSA) is 49.9 Å². The van der Waals surface area contributed by atoms with Crippen LogP contribution in [-0.2, 0) is 14.3 Å². The number of esters is 1. The van der Waals surface area contributed by atoms with E-state index in [1.165, 1.54) is 45.3 Å². The Labute approximate surface area is 161 Å². The molecule has 0 aromatic heterocycles. The number of carbonyl (C=O) groups is 2. The highest BCUT2D eigenvalue weighted by Gasteiger charge is 2.39. The summed E-state index contributed by atoms with van der Waals surface area (Å²) in [6.45, 7) is 2.11. The van der Waals surface area contributed by atoms with Gasteiger partial charge in [0.1, 0.15) is 0 Å². The summed E-state index contributed by atoms with van der Waals surface area (Å²) in [4.78, 5) is 29.4. The number of methoxy groups -OCH3 is 1. The van der Waals surface area contributed by atoms with Gasteiger partial charge < -0.3 is 14.5 Å². The number of piperidine rings is 1. The Balaban J connectivity index is 1.51. The highest BCUT2D eigenvalue weighted by atomic mass is 16.5. The second-order valence-corrected chi connectivity index (χ2v) is 7.83. The summed E-state index contributed by atoms with van der Waals surface area (Å²) in [5, 5.41) is 0. The molecule has 1 aliphatic carbocycles. The summed E-state index contributed by atoms with van der Waals surface area (Å²) in [7, 11) is 1.34. The van der Waals surface area contributed by atoms with Crippen molar-refractivity contribution in [3.05, 3.63) is 35.9 Å². The molecule has 2 aliphatic heterocycles. The van der Waals surface area contributed by atoms with Gasteiger partial charge in [-0.25, -0.2) is 4.79 Å². The minimum absolute atomic E-state index is 0.0716. The van der Waals surface area contributed by atoms with Crippen molar-refractivity contribution in [3.63, 3.8) is 0 Å². The molecule has 0 spiro atoms. The van der Waals surface area contributed by atoms with Crippen LogP contribution in [0.25, 0.3) is 5.57 Å². The predicted octanol–water partition coefficient (Wildman–Crippen LogP) is 3.39. The van der Waals surface area contributed by atoms with E-state index in [1.807, 2.05) is 29.2 Å². The summed E-state index contributed by atoms with van der Waals surface area (Å²) in [6.07, 6.45) is 10.0. The van der Waals surface area contributed by atoms with Crippen LogP contribution < -0.4 is 4.90 Å². The average molecular weight is 368 g/mol. The quantitative estimate of drug-likeness (QED) is 0.606. The first kappa shape index (κ1) is 18.2. The third kappa shape index (κ3) is 3.53. The van der Waals surface area contributed by atoms with Crippen LogP contribution in [0.4, 0.5) is 5.69 Å².